The number of ether oxygens (including phenoxy) is 2. The van der Waals surface area contributed by atoms with Crippen molar-refractivity contribution >= 4 is 12.2 Å². The minimum atomic E-state index is -0.898. The van der Waals surface area contributed by atoms with E-state index in [-0.39, 0.29) is 81.6 Å². The maximum atomic E-state index is 10.5. The molecule has 0 aromatic carbocycles. The summed E-state index contributed by atoms with van der Waals surface area (Å²) in [4.78, 5) is 20.9. The maximum absolute atomic E-state index is 10.5. The van der Waals surface area contributed by atoms with Crippen molar-refractivity contribution in [1.82, 2.24) is 0 Å². The van der Waals surface area contributed by atoms with E-state index in [1.165, 1.54) is 0 Å². The van der Waals surface area contributed by atoms with E-state index >= 15 is 0 Å². The first-order valence-corrected chi connectivity index (χ1v) is 3.46. The minimum absolute atomic E-state index is 0. The number of rotatable bonds is 2. The number of halogens is 1. The molecule has 0 aliphatic heterocycles. The van der Waals surface area contributed by atoms with Crippen LogP contribution >= 0.6 is 0 Å². The SMILES string of the molecule is CCOC(=O)N=NC(=O)OCC.[Br-].[K+]. The van der Waals surface area contributed by atoms with Gasteiger partial charge < -0.3 is 26.5 Å². The Balaban J connectivity index is -0.000000605. The smallest absolute Gasteiger partial charge is 1.00 e. The summed E-state index contributed by atoms with van der Waals surface area (Å²) >= 11 is 0. The van der Waals surface area contributed by atoms with Gasteiger partial charge in [0.15, 0.2) is 0 Å². The monoisotopic (exact) mass is 292 g/mol. The summed E-state index contributed by atoms with van der Waals surface area (Å²) in [5.41, 5.74) is 0. The van der Waals surface area contributed by atoms with Crippen molar-refractivity contribution in [2.45, 2.75) is 13.8 Å². The molecule has 0 aromatic heterocycles. The largest absolute Gasteiger partial charge is 1.00 e. The third-order valence-electron chi connectivity index (χ3n) is 0.749. The third kappa shape index (κ3) is 12.7. The molecule has 0 atom stereocenters. The number of nitrogens with zero attached hydrogens (tertiary/aromatic N) is 2. The Morgan fingerprint density at radius 3 is 1.50 bits per heavy atom. The fourth-order valence-electron chi connectivity index (χ4n) is 0.386. The first kappa shape index (κ1) is 20.1. The zero-order chi connectivity index (χ0) is 9.40. The molecule has 8 heteroatoms. The summed E-state index contributed by atoms with van der Waals surface area (Å²) in [6.07, 6.45) is -1.80. The van der Waals surface area contributed by atoms with Gasteiger partial charge in [-0.3, -0.25) is 0 Å². The van der Waals surface area contributed by atoms with Crippen LogP contribution in [0.25, 0.3) is 0 Å². The molecule has 0 heterocycles. The molecule has 0 rings (SSSR count). The number of amides is 2. The van der Waals surface area contributed by atoms with E-state index in [1.54, 1.807) is 13.8 Å². The van der Waals surface area contributed by atoms with E-state index in [4.69, 9.17) is 0 Å². The van der Waals surface area contributed by atoms with Gasteiger partial charge in [0.05, 0.1) is 13.2 Å². The summed E-state index contributed by atoms with van der Waals surface area (Å²) in [6.45, 7) is 3.64. The molecule has 0 N–H and O–H groups in total. The molecule has 0 radical (unpaired) electrons. The van der Waals surface area contributed by atoms with Gasteiger partial charge in [-0.2, -0.15) is 0 Å². The number of carbonyl (C=O) groups is 2. The molecule has 0 spiro atoms. The van der Waals surface area contributed by atoms with Crippen molar-refractivity contribution in [3.8, 4) is 0 Å². The van der Waals surface area contributed by atoms with Crippen molar-refractivity contribution in [1.29, 1.82) is 0 Å². The van der Waals surface area contributed by atoms with Crippen LogP contribution in [0.5, 0.6) is 0 Å². The molecule has 0 unspecified atom stereocenters. The molecule has 76 valence electrons. The van der Waals surface area contributed by atoms with Gasteiger partial charge in [-0.15, -0.1) is 0 Å². The zero-order valence-electron chi connectivity index (χ0n) is 8.32. The Kier molecular flexibility index (Phi) is 19.6. The van der Waals surface area contributed by atoms with Gasteiger partial charge in [0.25, 0.3) is 0 Å². The molecule has 0 fully saturated rings. The second kappa shape index (κ2) is 13.7. The zero-order valence-corrected chi connectivity index (χ0v) is 13.0. The van der Waals surface area contributed by atoms with Crippen LogP contribution in [-0.4, -0.2) is 25.4 Å². The molecule has 0 aliphatic carbocycles. The molecular formula is C6H10BrKN2O4. The van der Waals surface area contributed by atoms with Crippen molar-refractivity contribution < 1.29 is 87.4 Å². The van der Waals surface area contributed by atoms with E-state index in [1.807, 2.05) is 0 Å². The predicted octanol–water partition coefficient (Wildman–Crippen LogP) is -4.24. The van der Waals surface area contributed by atoms with Crippen LogP contribution in [0.1, 0.15) is 13.8 Å². The van der Waals surface area contributed by atoms with Gasteiger partial charge in [0.1, 0.15) is 0 Å². The first-order valence-electron chi connectivity index (χ1n) is 3.46. The summed E-state index contributed by atoms with van der Waals surface area (Å²) in [5, 5.41) is 5.84. The Morgan fingerprint density at radius 2 is 1.29 bits per heavy atom. The second-order valence-electron chi connectivity index (χ2n) is 1.60. The van der Waals surface area contributed by atoms with Crippen LogP contribution < -0.4 is 68.4 Å². The van der Waals surface area contributed by atoms with Crippen LogP contribution in [0, 0.1) is 0 Å². The van der Waals surface area contributed by atoms with Crippen LogP contribution in [0.4, 0.5) is 9.59 Å². The molecule has 2 amide bonds. The molecule has 6 nitrogen and oxygen atoms in total. The average molecular weight is 293 g/mol. The molecule has 0 saturated carbocycles. The van der Waals surface area contributed by atoms with Gasteiger partial charge in [0, 0.05) is 0 Å². The summed E-state index contributed by atoms with van der Waals surface area (Å²) in [5.74, 6) is 0. The number of hydrogen-bond acceptors (Lipinski definition) is 4. The van der Waals surface area contributed by atoms with Crippen LogP contribution in [0.3, 0.4) is 0 Å². The standard InChI is InChI=1S/C6H10N2O4.BrH.K/c1-3-11-5(9)7-8-6(10)12-4-2;;/h3-4H2,1-2H3;1H;/q;;+1/p-1. The number of hydrogen-bond donors (Lipinski definition) is 0. The van der Waals surface area contributed by atoms with Gasteiger partial charge in [0.2, 0.25) is 0 Å². The summed E-state index contributed by atoms with van der Waals surface area (Å²) in [6, 6.07) is 0. The van der Waals surface area contributed by atoms with Crippen LogP contribution in [-0.2, 0) is 9.47 Å². The molecule has 0 bridgehead atoms. The Hall–Kier alpha value is 0.656. The van der Waals surface area contributed by atoms with E-state index < -0.39 is 12.2 Å². The second-order valence-corrected chi connectivity index (χ2v) is 1.60. The normalized spacial score (nSPS) is 8.43. The molecular weight excluding hydrogens is 283 g/mol. The van der Waals surface area contributed by atoms with E-state index in [9.17, 15) is 9.59 Å². The fraction of sp³-hybridized carbons (Fsp3) is 0.667. The van der Waals surface area contributed by atoms with E-state index in [0.29, 0.717) is 0 Å². The third-order valence-corrected chi connectivity index (χ3v) is 0.749. The minimum Gasteiger partial charge on any atom is -1.00 e. The van der Waals surface area contributed by atoms with Gasteiger partial charge in [-0.1, -0.05) is 10.2 Å². The van der Waals surface area contributed by atoms with Crippen molar-refractivity contribution in [3.05, 3.63) is 0 Å². The number of azo groups is 1. The summed E-state index contributed by atoms with van der Waals surface area (Å²) in [7, 11) is 0. The van der Waals surface area contributed by atoms with Gasteiger partial charge >= 0.3 is 63.6 Å². The predicted molar refractivity (Wildman–Crippen MR) is 38.9 cm³/mol. The van der Waals surface area contributed by atoms with E-state index in [0.717, 1.165) is 0 Å². The quantitative estimate of drug-likeness (QED) is 0.382. The topological polar surface area (TPSA) is 77.3 Å². The Labute approximate surface area is 135 Å². The molecule has 0 saturated heterocycles. The molecule has 14 heavy (non-hydrogen) atoms. The fourth-order valence-corrected chi connectivity index (χ4v) is 0.386. The number of carbonyl (C=O) groups excluding carboxylic acids is 2. The van der Waals surface area contributed by atoms with E-state index in [2.05, 4.69) is 19.7 Å². The van der Waals surface area contributed by atoms with Crippen molar-refractivity contribution in [2.75, 3.05) is 13.2 Å². The maximum Gasteiger partial charge on any atom is 1.00 e. The van der Waals surface area contributed by atoms with Crippen molar-refractivity contribution in [3.63, 3.8) is 0 Å². The van der Waals surface area contributed by atoms with Crippen LogP contribution in [0.2, 0.25) is 0 Å². The molecule has 0 aliphatic rings. The Morgan fingerprint density at radius 1 is 1.00 bits per heavy atom. The van der Waals surface area contributed by atoms with Gasteiger partial charge in [-0.25, -0.2) is 9.59 Å². The average Bonchev–Trinajstić information content (AvgIpc) is 2.02. The first-order chi connectivity index (χ1) is 5.70. The molecule has 0 aromatic rings. The Bertz CT molecular complexity index is 180. The summed E-state index contributed by atoms with van der Waals surface area (Å²) < 4.78 is 8.73. The van der Waals surface area contributed by atoms with Crippen LogP contribution in [0.15, 0.2) is 10.2 Å². The van der Waals surface area contributed by atoms with Gasteiger partial charge in [-0.05, 0) is 13.8 Å². The van der Waals surface area contributed by atoms with Crippen molar-refractivity contribution in [2.24, 2.45) is 10.2 Å².